The van der Waals surface area contributed by atoms with Gasteiger partial charge in [-0.2, -0.15) is 0 Å². The lowest BCUT2D eigenvalue weighted by Gasteiger charge is -2.42. The molecule has 2 N–H and O–H groups in total. The molecule has 2 fully saturated rings. The molecule has 1 saturated carbocycles. The molecule has 0 radical (unpaired) electrons. The molecule has 1 aliphatic carbocycles. The molecule has 0 amide bonds. The fourth-order valence-corrected chi connectivity index (χ4v) is 3.28. The predicted molar refractivity (Wildman–Crippen MR) is 78.8 cm³/mol. The third-order valence-corrected chi connectivity index (χ3v) is 4.68. The standard InChI is InChI=1S/C16H24N2O/c1-19-13-6-7-15(18-10-3-2-4-11-18)14(12-13)16(17)8-5-9-16/h6-7,12H,2-5,8-11,17H2,1H3. The molecule has 0 aromatic heterocycles. The van der Waals surface area contributed by atoms with Gasteiger partial charge >= 0.3 is 0 Å². The third kappa shape index (κ3) is 2.32. The largest absolute Gasteiger partial charge is 0.497 e. The molecule has 3 rings (SSSR count). The van der Waals surface area contributed by atoms with Crippen molar-refractivity contribution >= 4 is 5.69 Å². The SMILES string of the molecule is COc1ccc(N2CCCCC2)c(C2(N)CCC2)c1. The summed E-state index contributed by atoms with van der Waals surface area (Å²) in [6, 6.07) is 6.42. The van der Waals surface area contributed by atoms with Crippen molar-refractivity contribution < 1.29 is 4.74 Å². The maximum Gasteiger partial charge on any atom is 0.119 e. The zero-order valence-corrected chi connectivity index (χ0v) is 11.8. The molecule has 2 aliphatic rings. The highest BCUT2D eigenvalue weighted by atomic mass is 16.5. The highest BCUT2D eigenvalue weighted by Gasteiger charge is 2.37. The van der Waals surface area contributed by atoms with Gasteiger partial charge < -0.3 is 15.4 Å². The number of nitrogens with zero attached hydrogens (tertiary/aromatic N) is 1. The van der Waals surface area contributed by atoms with Gasteiger partial charge in [0.05, 0.1) is 7.11 Å². The van der Waals surface area contributed by atoms with Gasteiger partial charge in [0.25, 0.3) is 0 Å². The molecule has 1 aliphatic heterocycles. The Kier molecular flexibility index (Phi) is 3.40. The molecular formula is C16H24N2O. The lowest BCUT2D eigenvalue weighted by molar-refractivity contribution is 0.252. The quantitative estimate of drug-likeness (QED) is 0.908. The molecule has 0 spiro atoms. The van der Waals surface area contributed by atoms with E-state index in [0.717, 1.165) is 31.7 Å². The van der Waals surface area contributed by atoms with E-state index in [-0.39, 0.29) is 5.54 Å². The van der Waals surface area contributed by atoms with E-state index in [9.17, 15) is 0 Å². The van der Waals surface area contributed by atoms with Crippen LogP contribution in [0.3, 0.4) is 0 Å². The van der Waals surface area contributed by atoms with Gasteiger partial charge in [-0.15, -0.1) is 0 Å². The molecule has 1 saturated heterocycles. The number of anilines is 1. The molecular weight excluding hydrogens is 236 g/mol. The van der Waals surface area contributed by atoms with Crippen molar-refractivity contribution in [2.75, 3.05) is 25.1 Å². The summed E-state index contributed by atoms with van der Waals surface area (Å²) in [5.74, 6) is 0.924. The second kappa shape index (κ2) is 5.04. The highest BCUT2D eigenvalue weighted by molar-refractivity contribution is 5.60. The van der Waals surface area contributed by atoms with Crippen molar-refractivity contribution in [2.45, 2.75) is 44.1 Å². The summed E-state index contributed by atoms with van der Waals surface area (Å²) in [5.41, 5.74) is 9.08. The van der Waals surface area contributed by atoms with Gasteiger partial charge in [-0.1, -0.05) is 0 Å². The van der Waals surface area contributed by atoms with Crippen molar-refractivity contribution in [3.63, 3.8) is 0 Å². The Labute approximate surface area is 115 Å². The van der Waals surface area contributed by atoms with E-state index in [2.05, 4.69) is 23.1 Å². The molecule has 3 heteroatoms. The summed E-state index contributed by atoms with van der Waals surface area (Å²) in [6.45, 7) is 2.32. The van der Waals surface area contributed by atoms with E-state index < -0.39 is 0 Å². The summed E-state index contributed by atoms with van der Waals surface area (Å²) in [4.78, 5) is 2.51. The van der Waals surface area contributed by atoms with Gasteiger partial charge in [0, 0.05) is 24.3 Å². The van der Waals surface area contributed by atoms with Gasteiger partial charge in [-0.05, 0) is 62.3 Å². The number of methoxy groups -OCH3 is 1. The van der Waals surface area contributed by atoms with Crippen molar-refractivity contribution in [2.24, 2.45) is 5.73 Å². The second-order valence-corrected chi connectivity index (χ2v) is 5.94. The highest BCUT2D eigenvalue weighted by Crippen LogP contribution is 2.44. The molecule has 3 nitrogen and oxygen atoms in total. The van der Waals surface area contributed by atoms with Gasteiger partial charge in [-0.3, -0.25) is 0 Å². The summed E-state index contributed by atoms with van der Waals surface area (Å²) in [6.07, 6.45) is 7.39. The van der Waals surface area contributed by atoms with Crippen LogP contribution in [0.25, 0.3) is 0 Å². The first-order valence-electron chi connectivity index (χ1n) is 7.45. The lowest BCUT2D eigenvalue weighted by atomic mass is 9.72. The van der Waals surface area contributed by atoms with E-state index in [4.69, 9.17) is 10.5 Å². The van der Waals surface area contributed by atoms with E-state index in [1.165, 1.54) is 36.9 Å². The Morgan fingerprint density at radius 1 is 1.11 bits per heavy atom. The van der Waals surface area contributed by atoms with E-state index in [1.807, 2.05) is 0 Å². The first-order chi connectivity index (χ1) is 9.23. The molecule has 1 aromatic rings. The van der Waals surface area contributed by atoms with Crippen molar-refractivity contribution in [3.8, 4) is 5.75 Å². The number of rotatable bonds is 3. The van der Waals surface area contributed by atoms with Crippen molar-refractivity contribution in [1.82, 2.24) is 0 Å². The maximum absolute atomic E-state index is 6.57. The zero-order valence-electron chi connectivity index (χ0n) is 11.8. The minimum atomic E-state index is -0.124. The Morgan fingerprint density at radius 2 is 1.84 bits per heavy atom. The maximum atomic E-state index is 6.57. The number of piperidine rings is 1. The Bertz CT molecular complexity index is 448. The van der Waals surface area contributed by atoms with Crippen LogP contribution >= 0.6 is 0 Å². The van der Waals surface area contributed by atoms with Gasteiger partial charge in [0.1, 0.15) is 5.75 Å². The molecule has 0 unspecified atom stereocenters. The summed E-state index contributed by atoms with van der Waals surface area (Å²) in [5, 5.41) is 0. The van der Waals surface area contributed by atoms with Crippen molar-refractivity contribution in [3.05, 3.63) is 23.8 Å². The van der Waals surface area contributed by atoms with Gasteiger partial charge in [0.15, 0.2) is 0 Å². The molecule has 19 heavy (non-hydrogen) atoms. The van der Waals surface area contributed by atoms with Crippen LogP contribution in [-0.2, 0) is 5.54 Å². The van der Waals surface area contributed by atoms with Crippen LogP contribution in [0, 0.1) is 0 Å². The minimum Gasteiger partial charge on any atom is -0.497 e. The van der Waals surface area contributed by atoms with Crippen LogP contribution in [0.2, 0.25) is 0 Å². The Morgan fingerprint density at radius 3 is 2.42 bits per heavy atom. The predicted octanol–water partition coefficient (Wildman–Crippen LogP) is 3.02. The number of benzene rings is 1. The lowest BCUT2D eigenvalue weighted by Crippen LogP contribution is -2.45. The zero-order chi connectivity index (χ0) is 13.3. The summed E-state index contributed by atoms with van der Waals surface area (Å²) >= 11 is 0. The number of ether oxygens (including phenoxy) is 1. The molecule has 0 bridgehead atoms. The monoisotopic (exact) mass is 260 g/mol. The average molecular weight is 260 g/mol. The molecule has 0 atom stereocenters. The third-order valence-electron chi connectivity index (χ3n) is 4.68. The summed E-state index contributed by atoms with van der Waals surface area (Å²) < 4.78 is 5.39. The molecule has 1 aromatic carbocycles. The number of hydrogen-bond acceptors (Lipinski definition) is 3. The van der Waals surface area contributed by atoms with Crippen LogP contribution in [0.15, 0.2) is 18.2 Å². The van der Waals surface area contributed by atoms with E-state index in [0.29, 0.717) is 0 Å². The normalized spacial score (nSPS) is 21.9. The fraction of sp³-hybridized carbons (Fsp3) is 0.625. The minimum absolute atomic E-state index is 0.124. The summed E-state index contributed by atoms with van der Waals surface area (Å²) in [7, 11) is 1.73. The number of hydrogen-bond donors (Lipinski definition) is 1. The van der Waals surface area contributed by atoms with E-state index in [1.54, 1.807) is 7.11 Å². The topological polar surface area (TPSA) is 38.5 Å². The first-order valence-corrected chi connectivity index (χ1v) is 7.45. The fourth-order valence-electron chi connectivity index (χ4n) is 3.28. The Hall–Kier alpha value is -1.22. The molecule has 104 valence electrons. The van der Waals surface area contributed by atoms with Crippen LogP contribution in [0.4, 0.5) is 5.69 Å². The van der Waals surface area contributed by atoms with Gasteiger partial charge in [0.2, 0.25) is 0 Å². The average Bonchev–Trinajstić information content (AvgIpc) is 2.45. The Balaban J connectivity index is 1.97. The van der Waals surface area contributed by atoms with Crippen LogP contribution in [0.5, 0.6) is 5.75 Å². The number of nitrogens with two attached hydrogens (primary N) is 1. The van der Waals surface area contributed by atoms with E-state index >= 15 is 0 Å². The van der Waals surface area contributed by atoms with Crippen LogP contribution in [-0.4, -0.2) is 20.2 Å². The molecule has 1 heterocycles. The van der Waals surface area contributed by atoms with Crippen LogP contribution < -0.4 is 15.4 Å². The van der Waals surface area contributed by atoms with Gasteiger partial charge in [-0.25, -0.2) is 0 Å². The first kappa shape index (κ1) is 12.8. The second-order valence-electron chi connectivity index (χ2n) is 5.94. The smallest absolute Gasteiger partial charge is 0.119 e. The van der Waals surface area contributed by atoms with Crippen molar-refractivity contribution in [1.29, 1.82) is 0 Å². The van der Waals surface area contributed by atoms with Crippen LogP contribution in [0.1, 0.15) is 44.1 Å².